The summed E-state index contributed by atoms with van der Waals surface area (Å²) >= 11 is 0. The summed E-state index contributed by atoms with van der Waals surface area (Å²) in [7, 11) is 0. The normalized spacial score (nSPS) is 12.4. The Balaban J connectivity index is 2.40. The van der Waals surface area contributed by atoms with Gasteiger partial charge in [-0.15, -0.1) is 0 Å². The SMILES string of the molecule is Cc1cccc(OCCC(=O)N[C@H](C)C(=O)NC(C)(C)C)c1C. The van der Waals surface area contributed by atoms with Crippen molar-refractivity contribution >= 4 is 11.8 Å². The second-order valence-corrected chi connectivity index (χ2v) is 6.82. The van der Waals surface area contributed by atoms with Gasteiger partial charge in [-0.3, -0.25) is 9.59 Å². The summed E-state index contributed by atoms with van der Waals surface area (Å²) in [6.45, 7) is 11.7. The maximum atomic E-state index is 11.9. The first-order valence-electron chi connectivity index (χ1n) is 7.90. The van der Waals surface area contributed by atoms with Crippen LogP contribution in [0.3, 0.4) is 0 Å². The van der Waals surface area contributed by atoms with Gasteiger partial charge in [0.05, 0.1) is 13.0 Å². The fourth-order valence-electron chi connectivity index (χ4n) is 1.99. The van der Waals surface area contributed by atoms with Gasteiger partial charge in [0.1, 0.15) is 11.8 Å². The lowest BCUT2D eigenvalue weighted by Gasteiger charge is -2.23. The lowest BCUT2D eigenvalue weighted by Crippen LogP contribution is -2.50. The number of aryl methyl sites for hydroxylation is 1. The van der Waals surface area contributed by atoms with Crippen molar-refractivity contribution in [3.63, 3.8) is 0 Å². The summed E-state index contributed by atoms with van der Waals surface area (Å²) in [5, 5.41) is 5.52. The van der Waals surface area contributed by atoms with Crippen LogP contribution in [0.4, 0.5) is 0 Å². The van der Waals surface area contributed by atoms with E-state index < -0.39 is 6.04 Å². The Bertz CT molecular complexity index is 562. The first kappa shape index (κ1) is 19.0. The quantitative estimate of drug-likeness (QED) is 0.846. The molecule has 0 radical (unpaired) electrons. The molecule has 0 spiro atoms. The van der Waals surface area contributed by atoms with Crippen molar-refractivity contribution < 1.29 is 14.3 Å². The van der Waals surface area contributed by atoms with Gasteiger partial charge >= 0.3 is 0 Å². The van der Waals surface area contributed by atoms with E-state index in [4.69, 9.17) is 4.74 Å². The molecule has 5 heteroatoms. The summed E-state index contributed by atoms with van der Waals surface area (Å²) in [5.41, 5.74) is 1.91. The molecule has 0 fully saturated rings. The molecule has 0 aliphatic rings. The minimum absolute atomic E-state index is 0.193. The maximum Gasteiger partial charge on any atom is 0.242 e. The number of amides is 2. The summed E-state index contributed by atoms with van der Waals surface area (Å²) in [5.74, 6) is 0.393. The highest BCUT2D eigenvalue weighted by molar-refractivity contribution is 5.87. The van der Waals surface area contributed by atoms with E-state index in [0.717, 1.165) is 16.9 Å². The van der Waals surface area contributed by atoms with Crippen molar-refractivity contribution in [2.45, 2.75) is 59.5 Å². The molecule has 2 N–H and O–H groups in total. The monoisotopic (exact) mass is 320 g/mol. The molecule has 0 bridgehead atoms. The van der Waals surface area contributed by atoms with Crippen LogP contribution >= 0.6 is 0 Å². The highest BCUT2D eigenvalue weighted by atomic mass is 16.5. The first-order valence-corrected chi connectivity index (χ1v) is 7.90. The Morgan fingerprint density at radius 2 is 1.87 bits per heavy atom. The van der Waals surface area contributed by atoms with Crippen LogP contribution in [-0.2, 0) is 9.59 Å². The van der Waals surface area contributed by atoms with E-state index in [2.05, 4.69) is 10.6 Å². The molecule has 0 unspecified atom stereocenters. The van der Waals surface area contributed by atoms with E-state index in [-0.39, 0.29) is 30.4 Å². The number of hydrogen-bond donors (Lipinski definition) is 2. The van der Waals surface area contributed by atoms with Crippen molar-refractivity contribution in [1.82, 2.24) is 10.6 Å². The van der Waals surface area contributed by atoms with Crippen molar-refractivity contribution in [2.75, 3.05) is 6.61 Å². The Labute approximate surface area is 138 Å². The molecule has 1 aromatic rings. The lowest BCUT2D eigenvalue weighted by molar-refractivity contribution is -0.129. The smallest absolute Gasteiger partial charge is 0.242 e. The van der Waals surface area contributed by atoms with Crippen molar-refractivity contribution in [2.24, 2.45) is 0 Å². The number of hydrogen-bond acceptors (Lipinski definition) is 3. The number of nitrogens with one attached hydrogen (secondary N) is 2. The van der Waals surface area contributed by atoms with E-state index in [9.17, 15) is 9.59 Å². The molecule has 1 aromatic carbocycles. The van der Waals surface area contributed by atoms with Crippen LogP contribution in [0.1, 0.15) is 45.2 Å². The van der Waals surface area contributed by atoms with Crippen LogP contribution in [0.25, 0.3) is 0 Å². The third-order valence-electron chi connectivity index (χ3n) is 3.41. The fourth-order valence-corrected chi connectivity index (χ4v) is 1.99. The van der Waals surface area contributed by atoms with Gasteiger partial charge in [-0.25, -0.2) is 0 Å². The molecular weight excluding hydrogens is 292 g/mol. The van der Waals surface area contributed by atoms with E-state index in [1.165, 1.54) is 0 Å². The topological polar surface area (TPSA) is 67.4 Å². The Hall–Kier alpha value is -2.04. The van der Waals surface area contributed by atoms with Crippen molar-refractivity contribution in [1.29, 1.82) is 0 Å². The standard InChI is InChI=1S/C18H28N2O3/c1-12-8-7-9-15(13(12)2)23-11-10-16(21)19-14(3)17(22)20-18(4,5)6/h7-9,14H,10-11H2,1-6H3,(H,19,21)(H,20,22)/t14-/m1/s1. The second kappa shape index (κ2) is 7.99. The summed E-state index contributed by atoms with van der Waals surface area (Å²) in [4.78, 5) is 23.8. The van der Waals surface area contributed by atoms with E-state index in [1.54, 1.807) is 6.92 Å². The molecule has 128 valence electrons. The maximum absolute atomic E-state index is 11.9. The number of carbonyl (C=O) groups excluding carboxylic acids is 2. The molecule has 1 atom stereocenters. The molecule has 0 aromatic heterocycles. The molecule has 0 saturated carbocycles. The van der Waals surface area contributed by atoms with Gasteiger partial charge < -0.3 is 15.4 Å². The second-order valence-electron chi connectivity index (χ2n) is 6.82. The molecule has 0 aliphatic carbocycles. The molecule has 0 aliphatic heterocycles. The van der Waals surface area contributed by atoms with Gasteiger partial charge in [0.25, 0.3) is 0 Å². The third-order valence-corrected chi connectivity index (χ3v) is 3.41. The van der Waals surface area contributed by atoms with Crippen LogP contribution in [0.15, 0.2) is 18.2 Å². The van der Waals surface area contributed by atoms with Gasteiger partial charge in [-0.1, -0.05) is 12.1 Å². The van der Waals surface area contributed by atoms with Crippen LogP contribution in [-0.4, -0.2) is 30.0 Å². The predicted molar refractivity (Wildman–Crippen MR) is 91.5 cm³/mol. The average Bonchev–Trinajstić information content (AvgIpc) is 2.41. The van der Waals surface area contributed by atoms with Crippen molar-refractivity contribution in [3.8, 4) is 5.75 Å². The molecule has 5 nitrogen and oxygen atoms in total. The van der Waals surface area contributed by atoms with Crippen LogP contribution < -0.4 is 15.4 Å². The molecule has 0 heterocycles. The summed E-state index contributed by atoms with van der Waals surface area (Å²) in [6, 6.07) is 5.27. The van der Waals surface area contributed by atoms with Crippen LogP contribution in [0.5, 0.6) is 5.75 Å². The summed E-state index contributed by atoms with van der Waals surface area (Å²) < 4.78 is 5.65. The fraction of sp³-hybridized carbons (Fsp3) is 0.556. The average molecular weight is 320 g/mol. The molecular formula is C18H28N2O3. The Kier molecular flexibility index (Phi) is 6.61. The highest BCUT2D eigenvalue weighted by Gasteiger charge is 2.20. The zero-order valence-electron chi connectivity index (χ0n) is 14.9. The van der Waals surface area contributed by atoms with E-state index in [1.807, 2.05) is 52.8 Å². The Morgan fingerprint density at radius 3 is 2.48 bits per heavy atom. The third kappa shape index (κ3) is 6.72. The zero-order valence-corrected chi connectivity index (χ0v) is 14.9. The van der Waals surface area contributed by atoms with Crippen LogP contribution in [0.2, 0.25) is 0 Å². The first-order chi connectivity index (χ1) is 10.6. The largest absolute Gasteiger partial charge is 0.493 e. The number of rotatable bonds is 6. The van der Waals surface area contributed by atoms with Gasteiger partial charge in [0, 0.05) is 5.54 Å². The lowest BCUT2D eigenvalue weighted by atomic mass is 10.1. The molecule has 2 amide bonds. The number of carbonyl (C=O) groups is 2. The van der Waals surface area contributed by atoms with Gasteiger partial charge in [0.15, 0.2) is 0 Å². The molecule has 23 heavy (non-hydrogen) atoms. The van der Waals surface area contributed by atoms with Gasteiger partial charge in [-0.05, 0) is 58.7 Å². The van der Waals surface area contributed by atoms with E-state index >= 15 is 0 Å². The predicted octanol–water partition coefficient (Wildman–Crippen LogP) is 2.49. The number of benzene rings is 1. The minimum Gasteiger partial charge on any atom is -0.493 e. The number of ether oxygens (including phenoxy) is 1. The molecule has 1 rings (SSSR count). The zero-order chi connectivity index (χ0) is 17.6. The highest BCUT2D eigenvalue weighted by Crippen LogP contribution is 2.20. The minimum atomic E-state index is -0.567. The summed E-state index contributed by atoms with van der Waals surface area (Å²) in [6.07, 6.45) is 0.209. The van der Waals surface area contributed by atoms with Crippen molar-refractivity contribution in [3.05, 3.63) is 29.3 Å². The molecule has 0 saturated heterocycles. The van der Waals surface area contributed by atoms with E-state index in [0.29, 0.717) is 0 Å². The Morgan fingerprint density at radius 1 is 1.22 bits per heavy atom. The van der Waals surface area contributed by atoms with Crippen LogP contribution in [0, 0.1) is 13.8 Å². The van der Waals surface area contributed by atoms with Gasteiger partial charge in [-0.2, -0.15) is 0 Å². The van der Waals surface area contributed by atoms with Gasteiger partial charge in [0.2, 0.25) is 11.8 Å².